The molecular weight excluding hydrogens is 264 g/mol. The molecule has 0 bridgehead atoms. The summed E-state index contributed by atoms with van der Waals surface area (Å²) in [5.74, 6) is 1.91. The van der Waals surface area contributed by atoms with Crippen molar-refractivity contribution < 1.29 is 4.74 Å². The second-order valence-electron chi connectivity index (χ2n) is 5.50. The molecule has 0 fully saturated rings. The number of aromatic amines is 1. The fraction of sp³-hybridized carbons (Fsp3) is 0.500. The first kappa shape index (κ1) is 14.1. The number of nitrogens with one attached hydrogen (secondary N) is 2. The van der Waals surface area contributed by atoms with Crippen molar-refractivity contribution in [3.8, 4) is 5.75 Å². The summed E-state index contributed by atoms with van der Waals surface area (Å²) in [4.78, 5) is 4.15. The number of rotatable bonds is 6. The first-order chi connectivity index (χ1) is 10.4. The van der Waals surface area contributed by atoms with Gasteiger partial charge in [-0.15, -0.1) is 0 Å². The average molecular weight is 286 g/mol. The zero-order valence-corrected chi connectivity index (χ0v) is 12.4. The predicted molar refractivity (Wildman–Crippen MR) is 81.4 cm³/mol. The van der Waals surface area contributed by atoms with E-state index >= 15 is 0 Å². The quantitative estimate of drug-likeness (QED) is 0.801. The Morgan fingerprint density at radius 3 is 3.19 bits per heavy atom. The largest absolute Gasteiger partial charge is 0.497 e. The van der Waals surface area contributed by atoms with Crippen molar-refractivity contribution in [1.29, 1.82) is 0 Å². The zero-order valence-electron chi connectivity index (χ0n) is 12.4. The topological polar surface area (TPSA) is 62.8 Å². The lowest BCUT2D eigenvalue weighted by Gasteiger charge is -2.27. The molecule has 5 nitrogen and oxygen atoms in total. The minimum absolute atomic E-state index is 0.443. The van der Waals surface area contributed by atoms with Crippen LogP contribution in [-0.4, -0.2) is 28.8 Å². The lowest BCUT2D eigenvalue weighted by Crippen LogP contribution is -2.26. The highest BCUT2D eigenvalue weighted by atomic mass is 16.5. The van der Waals surface area contributed by atoms with Crippen LogP contribution in [0.1, 0.15) is 42.3 Å². The highest BCUT2D eigenvalue weighted by molar-refractivity contribution is 5.39. The van der Waals surface area contributed by atoms with Gasteiger partial charge < -0.3 is 10.1 Å². The van der Waals surface area contributed by atoms with Crippen molar-refractivity contribution >= 4 is 0 Å². The number of ether oxygens (including phenoxy) is 1. The fourth-order valence-electron chi connectivity index (χ4n) is 3.00. The van der Waals surface area contributed by atoms with Crippen molar-refractivity contribution in [2.75, 3.05) is 13.7 Å². The molecule has 1 heterocycles. The second-order valence-corrected chi connectivity index (χ2v) is 5.50. The summed E-state index contributed by atoms with van der Waals surface area (Å²) in [5, 5.41) is 10.4. The fourth-order valence-corrected chi connectivity index (χ4v) is 3.00. The van der Waals surface area contributed by atoms with E-state index in [0.717, 1.165) is 31.0 Å². The van der Waals surface area contributed by atoms with E-state index in [1.807, 2.05) is 0 Å². The van der Waals surface area contributed by atoms with Crippen LogP contribution < -0.4 is 10.1 Å². The van der Waals surface area contributed by atoms with E-state index in [9.17, 15) is 0 Å². The van der Waals surface area contributed by atoms with Crippen LogP contribution in [0.2, 0.25) is 0 Å². The van der Waals surface area contributed by atoms with Crippen LogP contribution >= 0.6 is 0 Å². The number of aryl methyl sites for hydroxylation is 2. The van der Waals surface area contributed by atoms with E-state index in [1.54, 1.807) is 13.4 Å². The molecule has 112 valence electrons. The number of hydrogen-bond acceptors (Lipinski definition) is 4. The molecule has 5 heteroatoms. The van der Waals surface area contributed by atoms with Crippen LogP contribution in [0.3, 0.4) is 0 Å². The number of methoxy groups -OCH3 is 1. The maximum atomic E-state index is 5.36. The molecule has 1 aromatic heterocycles. The maximum absolute atomic E-state index is 5.36. The summed E-state index contributed by atoms with van der Waals surface area (Å²) in [6.45, 7) is 0.988. The minimum atomic E-state index is 0.443. The van der Waals surface area contributed by atoms with Crippen molar-refractivity contribution in [3.05, 3.63) is 41.5 Å². The van der Waals surface area contributed by atoms with E-state index in [-0.39, 0.29) is 0 Å². The number of nitrogens with zero attached hydrogens (tertiary/aromatic N) is 2. The molecule has 0 amide bonds. The van der Waals surface area contributed by atoms with Gasteiger partial charge >= 0.3 is 0 Å². The molecule has 1 aliphatic rings. The van der Waals surface area contributed by atoms with Gasteiger partial charge in [0.05, 0.1) is 7.11 Å². The Kier molecular flexibility index (Phi) is 4.50. The SMILES string of the molecule is COc1ccc2c(c1)C(NCCCc1ncn[nH]1)CCC2. The highest BCUT2D eigenvalue weighted by Gasteiger charge is 2.20. The van der Waals surface area contributed by atoms with Gasteiger partial charge in [-0.25, -0.2) is 4.98 Å². The number of fused-ring (bicyclic) bond motifs is 1. The van der Waals surface area contributed by atoms with E-state index in [2.05, 4.69) is 38.7 Å². The van der Waals surface area contributed by atoms with Crippen LogP contribution in [-0.2, 0) is 12.8 Å². The third-order valence-electron chi connectivity index (χ3n) is 4.11. The van der Waals surface area contributed by atoms with E-state index in [0.29, 0.717) is 6.04 Å². The summed E-state index contributed by atoms with van der Waals surface area (Å²) in [5.41, 5.74) is 2.86. The lowest BCUT2D eigenvalue weighted by molar-refractivity contribution is 0.408. The first-order valence-corrected chi connectivity index (χ1v) is 7.61. The summed E-state index contributed by atoms with van der Waals surface area (Å²) in [6, 6.07) is 6.89. The molecule has 2 N–H and O–H groups in total. The Morgan fingerprint density at radius 1 is 1.43 bits per heavy atom. The van der Waals surface area contributed by atoms with Gasteiger partial charge in [0, 0.05) is 12.5 Å². The molecule has 1 aromatic carbocycles. The normalized spacial score (nSPS) is 17.5. The number of H-pyrrole nitrogens is 1. The smallest absolute Gasteiger partial charge is 0.137 e. The molecule has 2 aromatic rings. The van der Waals surface area contributed by atoms with Crippen LogP contribution in [0.4, 0.5) is 0 Å². The Morgan fingerprint density at radius 2 is 2.38 bits per heavy atom. The maximum Gasteiger partial charge on any atom is 0.137 e. The van der Waals surface area contributed by atoms with E-state index in [4.69, 9.17) is 4.74 Å². The van der Waals surface area contributed by atoms with E-state index < -0.39 is 0 Å². The third-order valence-corrected chi connectivity index (χ3v) is 4.11. The van der Waals surface area contributed by atoms with E-state index in [1.165, 1.54) is 30.4 Å². The van der Waals surface area contributed by atoms with Crippen LogP contribution in [0.5, 0.6) is 5.75 Å². The molecule has 0 saturated carbocycles. The Labute approximate surface area is 125 Å². The van der Waals surface area contributed by atoms with Crippen molar-refractivity contribution in [3.63, 3.8) is 0 Å². The molecule has 21 heavy (non-hydrogen) atoms. The predicted octanol–water partition coefficient (Wildman–Crippen LogP) is 2.41. The lowest BCUT2D eigenvalue weighted by atomic mass is 9.87. The van der Waals surface area contributed by atoms with Crippen LogP contribution in [0.25, 0.3) is 0 Å². The second kappa shape index (κ2) is 6.72. The van der Waals surface area contributed by atoms with Gasteiger partial charge in [0.2, 0.25) is 0 Å². The van der Waals surface area contributed by atoms with Gasteiger partial charge in [0.25, 0.3) is 0 Å². The number of benzene rings is 1. The Bertz CT molecular complexity index is 568. The Balaban J connectivity index is 1.57. The molecule has 0 aliphatic heterocycles. The molecule has 1 aliphatic carbocycles. The van der Waals surface area contributed by atoms with Crippen LogP contribution in [0.15, 0.2) is 24.5 Å². The number of aromatic nitrogens is 3. The molecule has 0 radical (unpaired) electrons. The summed E-state index contributed by atoms with van der Waals surface area (Å²) < 4.78 is 5.36. The van der Waals surface area contributed by atoms with Gasteiger partial charge in [0.15, 0.2) is 0 Å². The molecule has 1 unspecified atom stereocenters. The number of hydrogen-bond donors (Lipinski definition) is 2. The van der Waals surface area contributed by atoms with Gasteiger partial charge in [-0.05, 0) is 55.5 Å². The highest BCUT2D eigenvalue weighted by Crippen LogP contribution is 2.32. The van der Waals surface area contributed by atoms with Gasteiger partial charge in [0.1, 0.15) is 17.9 Å². The van der Waals surface area contributed by atoms with Crippen molar-refractivity contribution in [2.45, 2.75) is 38.1 Å². The molecule has 3 rings (SSSR count). The van der Waals surface area contributed by atoms with Gasteiger partial charge in [-0.1, -0.05) is 6.07 Å². The third kappa shape index (κ3) is 3.42. The summed E-state index contributed by atoms with van der Waals surface area (Å²) in [6.07, 6.45) is 7.18. The summed E-state index contributed by atoms with van der Waals surface area (Å²) in [7, 11) is 1.73. The Hall–Kier alpha value is -1.88. The van der Waals surface area contributed by atoms with Gasteiger partial charge in [-0.3, -0.25) is 5.10 Å². The minimum Gasteiger partial charge on any atom is -0.497 e. The van der Waals surface area contributed by atoms with Gasteiger partial charge in [-0.2, -0.15) is 5.10 Å². The summed E-state index contributed by atoms with van der Waals surface area (Å²) >= 11 is 0. The zero-order chi connectivity index (χ0) is 14.5. The van der Waals surface area contributed by atoms with Crippen molar-refractivity contribution in [2.24, 2.45) is 0 Å². The molecular formula is C16H22N4O. The molecule has 0 spiro atoms. The van der Waals surface area contributed by atoms with Crippen LogP contribution in [0, 0.1) is 0 Å². The first-order valence-electron chi connectivity index (χ1n) is 7.61. The molecule has 0 saturated heterocycles. The standard InChI is InChI=1S/C16H22N4O/c1-21-13-8-7-12-4-2-5-15(14(12)10-13)17-9-3-6-16-18-11-19-20-16/h7-8,10-11,15,17H,2-6,9H2,1H3,(H,18,19,20). The van der Waals surface area contributed by atoms with Crippen molar-refractivity contribution in [1.82, 2.24) is 20.5 Å². The average Bonchev–Trinajstić information content (AvgIpc) is 3.04. The monoisotopic (exact) mass is 286 g/mol. The molecule has 1 atom stereocenters.